The number of nitrogens with one attached hydrogen (secondary N) is 3. The van der Waals surface area contributed by atoms with E-state index in [0.29, 0.717) is 16.9 Å². The van der Waals surface area contributed by atoms with Crippen LogP contribution in [0.3, 0.4) is 0 Å². The molecule has 0 aromatic heterocycles. The molecule has 1 aliphatic rings. The number of fused-ring (bicyclic) bond motifs is 1. The Morgan fingerprint density at radius 2 is 2.00 bits per heavy atom. The van der Waals surface area contributed by atoms with Gasteiger partial charge in [0.25, 0.3) is 0 Å². The number of carbonyl (C=O) groups is 2. The van der Waals surface area contributed by atoms with Crippen LogP contribution in [0.5, 0.6) is 0 Å². The van der Waals surface area contributed by atoms with Gasteiger partial charge in [0, 0.05) is 6.42 Å². The number of carbonyl (C=O) groups excluding carboxylic acids is 1. The Labute approximate surface area is 139 Å². The molecule has 1 amide bonds. The van der Waals surface area contributed by atoms with E-state index in [1.54, 1.807) is 39.0 Å². The lowest BCUT2D eigenvalue weighted by atomic mass is 10.2. The van der Waals surface area contributed by atoms with Gasteiger partial charge in [0.15, 0.2) is 5.79 Å². The molecule has 1 atom stereocenters. The lowest BCUT2D eigenvalue weighted by Gasteiger charge is -2.32. The van der Waals surface area contributed by atoms with Gasteiger partial charge in [-0.05, 0) is 39.0 Å². The monoisotopic (exact) mass is 332 g/mol. The van der Waals surface area contributed by atoms with E-state index in [1.807, 2.05) is 6.07 Å². The highest BCUT2D eigenvalue weighted by Crippen LogP contribution is 2.35. The van der Waals surface area contributed by atoms with Crippen LogP contribution >= 0.6 is 0 Å². The number of benzene rings is 1. The zero-order valence-electron chi connectivity index (χ0n) is 13.8. The maximum absolute atomic E-state index is 12.1. The number of rotatable bonds is 4. The van der Waals surface area contributed by atoms with Crippen molar-refractivity contribution in [2.45, 2.75) is 45.0 Å². The summed E-state index contributed by atoms with van der Waals surface area (Å²) in [6.45, 7) is 5.21. The first-order valence-corrected chi connectivity index (χ1v) is 7.46. The molecule has 0 aliphatic carbocycles. The summed E-state index contributed by atoms with van der Waals surface area (Å²) in [5.41, 5.74) is 1.04. The first-order valence-electron chi connectivity index (χ1n) is 7.46. The summed E-state index contributed by atoms with van der Waals surface area (Å²) in [7, 11) is 0. The van der Waals surface area contributed by atoms with Crippen LogP contribution in [0.25, 0.3) is 0 Å². The van der Waals surface area contributed by atoms with E-state index in [4.69, 9.17) is 15.1 Å². The molecule has 0 fully saturated rings. The molecule has 0 saturated heterocycles. The molecule has 24 heavy (non-hydrogen) atoms. The summed E-state index contributed by atoms with van der Waals surface area (Å²) < 4.78 is 5.25. The second-order valence-electron chi connectivity index (χ2n) is 6.55. The predicted molar refractivity (Wildman–Crippen MR) is 87.4 cm³/mol. The SMILES string of the molecule is CC(C)(C)OC(=O)N[C@@]1(CCC(=O)O)Nc2ccc(C#N)cc2N1. The van der Waals surface area contributed by atoms with Gasteiger partial charge in [0.05, 0.1) is 29.4 Å². The third-order valence-corrected chi connectivity index (χ3v) is 3.27. The van der Waals surface area contributed by atoms with Crippen LogP contribution in [0.4, 0.5) is 16.2 Å². The van der Waals surface area contributed by atoms with Gasteiger partial charge >= 0.3 is 12.1 Å². The molecule has 0 radical (unpaired) electrons. The smallest absolute Gasteiger partial charge is 0.410 e. The van der Waals surface area contributed by atoms with E-state index in [0.717, 1.165) is 0 Å². The normalized spacial score (nSPS) is 18.6. The van der Waals surface area contributed by atoms with Gasteiger partial charge in [-0.15, -0.1) is 0 Å². The van der Waals surface area contributed by atoms with Crippen LogP contribution in [0.1, 0.15) is 39.2 Å². The maximum atomic E-state index is 12.1. The topological polar surface area (TPSA) is 123 Å². The van der Waals surface area contributed by atoms with E-state index in [2.05, 4.69) is 16.0 Å². The molecule has 4 N–H and O–H groups in total. The number of carboxylic acid groups (broad SMARTS) is 1. The van der Waals surface area contributed by atoms with E-state index in [-0.39, 0.29) is 12.8 Å². The van der Waals surface area contributed by atoms with E-state index < -0.39 is 23.5 Å². The number of anilines is 2. The van der Waals surface area contributed by atoms with E-state index >= 15 is 0 Å². The summed E-state index contributed by atoms with van der Waals surface area (Å²) in [6.07, 6.45) is -0.770. The number of amides is 1. The minimum Gasteiger partial charge on any atom is -0.481 e. The number of ether oxygens (including phenoxy) is 1. The molecule has 8 heteroatoms. The van der Waals surface area contributed by atoms with Crippen molar-refractivity contribution in [3.8, 4) is 6.07 Å². The third kappa shape index (κ3) is 4.29. The highest BCUT2D eigenvalue weighted by atomic mass is 16.6. The number of hydrogen-bond donors (Lipinski definition) is 4. The lowest BCUT2D eigenvalue weighted by Crippen LogP contribution is -2.58. The standard InChI is InChI=1S/C16H20N4O4/c1-15(2,3)24-14(23)20-16(7-6-13(21)22)18-11-5-4-10(9-17)8-12(11)19-16/h4-5,8,18-19H,6-7H2,1-3H3,(H,20,23)(H,21,22)/t16-/m0/s1. The van der Waals surface area contributed by atoms with Gasteiger partial charge in [0.2, 0.25) is 0 Å². The Morgan fingerprint density at radius 1 is 1.33 bits per heavy atom. The largest absolute Gasteiger partial charge is 0.481 e. The van der Waals surface area contributed by atoms with Gasteiger partial charge in [-0.25, -0.2) is 4.79 Å². The Morgan fingerprint density at radius 3 is 2.58 bits per heavy atom. The molecule has 1 heterocycles. The summed E-state index contributed by atoms with van der Waals surface area (Å²) in [6, 6.07) is 6.99. The fourth-order valence-corrected chi connectivity index (χ4v) is 2.34. The van der Waals surface area contributed by atoms with Crippen molar-refractivity contribution in [3.05, 3.63) is 23.8 Å². The van der Waals surface area contributed by atoms with Crippen molar-refractivity contribution in [1.82, 2.24) is 5.32 Å². The quantitative estimate of drug-likeness (QED) is 0.667. The molecular formula is C16H20N4O4. The summed E-state index contributed by atoms with van der Waals surface area (Å²) in [5, 5.41) is 26.7. The molecule has 1 aliphatic heterocycles. The number of nitrogens with zero attached hydrogens (tertiary/aromatic N) is 1. The van der Waals surface area contributed by atoms with Crippen LogP contribution in [-0.4, -0.2) is 28.6 Å². The summed E-state index contributed by atoms with van der Waals surface area (Å²) in [5.74, 6) is -2.19. The van der Waals surface area contributed by atoms with Crippen molar-refractivity contribution in [3.63, 3.8) is 0 Å². The minimum atomic E-state index is -1.20. The Balaban J connectivity index is 2.22. The molecular weight excluding hydrogens is 312 g/mol. The van der Waals surface area contributed by atoms with Gasteiger partial charge in [0.1, 0.15) is 5.60 Å². The molecule has 1 aromatic carbocycles. The first kappa shape index (κ1) is 17.4. The minimum absolute atomic E-state index is 0.0815. The molecule has 128 valence electrons. The van der Waals surface area contributed by atoms with Crippen LogP contribution in [0.2, 0.25) is 0 Å². The highest BCUT2D eigenvalue weighted by molar-refractivity contribution is 5.81. The molecule has 8 nitrogen and oxygen atoms in total. The predicted octanol–water partition coefficient (Wildman–Crippen LogP) is 2.44. The van der Waals surface area contributed by atoms with Crippen LogP contribution in [-0.2, 0) is 9.53 Å². The average Bonchev–Trinajstić information content (AvgIpc) is 2.80. The van der Waals surface area contributed by atoms with Gasteiger partial charge in [-0.3, -0.25) is 10.1 Å². The molecule has 0 bridgehead atoms. The fraction of sp³-hybridized carbons (Fsp3) is 0.438. The van der Waals surface area contributed by atoms with Crippen molar-refractivity contribution in [2.75, 3.05) is 10.6 Å². The Kier molecular flexibility index (Phi) is 4.55. The molecule has 0 unspecified atom stereocenters. The fourth-order valence-electron chi connectivity index (χ4n) is 2.34. The maximum Gasteiger partial charge on any atom is 0.410 e. The molecule has 0 saturated carbocycles. The molecule has 2 rings (SSSR count). The Hall–Kier alpha value is -2.95. The number of aliphatic carboxylic acids is 1. The first-order chi connectivity index (χ1) is 11.1. The Bertz CT molecular complexity index is 705. The number of alkyl carbamates (subject to hydrolysis) is 1. The van der Waals surface area contributed by atoms with Gasteiger partial charge in [-0.1, -0.05) is 0 Å². The second kappa shape index (κ2) is 6.28. The van der Waals surface area contributed by atoms with Gasteiger partial charge in [-0.2, -0.15) is 5.26 Å². The average molecular weight is 332 g/mol. The molecule has 1 aromatic rings. The van der Waals surface area contributed by atoms with E-state index in [1.165, 1.54) is 0 Å². The lowest BCUT2D eigenvalue weighted by molar-refractivity contribution is -0.137. The zero-order valence-corrected chi connectivity index (χ0v) is 13.8. The summed E-state index contributed by atoms with van der Waals surface area (Å²) >= 11 is 0. The second-order valence-corrected chi connectivity index (χ2v) is 6.55. The van der Waals surface area contributed by atoms with Gasteiger partial charge < -0.3 is 20.5 Å². The number of hydrogen-bond acceptors (Lipinski definition) is 6. The number of carboxylic acids is 1. The zero-order chi connectivity index (χ0) is 18.0. The third-order valence-electron chi connectivity index (χ3n) is 3.27. The van der Waals surface area contributed by atoms with Crippen molar-refractivity contribution < 1.29 is 19.4 Å². The van der Waals surface area contributed by atoms with Crippen LogP contribution in [0, 0.1) is 11.3 Å². The van der Waals surface area contributed by atoms with Crippen LogP contribution < -0.4 is 16.0 Å². The highest BCUT2D eigenvalue weighted by Gasteiger charge is 2.39. The summed E-state index contributed by atoms with van der Waals surface area (Å²) in [4.78, 5) is 23.1. The van der Waals surface area contributed by atoms with Crippen molar-refractivity contribution >= 4 is 23.4 Å². The van der Waals surface area contributed by atoms with Crippen LogP contribution in [0.15, 0.2) is 18.2 Å². The van der Waals surface area contributed by atoms with E-state index in [9.17, 15) is 9.59 Å². The van der Waals surface area contributed by atoms with Crippen molar-refractivity contribution in [2.24, 2.45) is 0 Å². The number of nitriles is 1. The molecule has 0 spiro atoms. The van der Waals surface area contributed by atoms with Crippen molar-refractivity contribution in [1.29, 1.82) is 5.26 Å².